The summed E-state index contributed by atoms with van der Waals surface area (Å²) in [7, 11) is 1.49. The van der Waals surface area contributed by atoms with Gasteiger partial charge < -0.3 is 10.1 Å². The third kappa shape index (κ3) is 2.60. The monoisotopic (exact) mass is 264 g/mol. The van der Waals surface area contributed by atoms with E-state index in [0.717, 1.165) is 12.1 Å². The van der Waals surface area contributed by atoms with Crippen LogP contribution in [-0.2, 0) is 6.54 Å². The van der Waals surface area contributed by atoms with Crippen molar-refractivity contribution < 1.29 is 9.13 Å². The van der Waals surface area contributed by atoms with Gasteiger partial charge in [0.05, 0.1) is 7.11 Å². The van der Waals surface area contributed by atoms with Crippen LogP contribution in [0.2, 0.25) is 0 Å². The summed E-state index contributed by atoms with van der Waals surface area (Å²) in [5.41, 5.74) is 0.981. The van der Waals surface area contributed by atoms with Crippen molar-refractivity contribution in [3.05, 3.63) is 29.6 Å². The third-order valence-electron chi connectivity index (χ3n) is 4.39. The lowest BCUT2D eigenvalue weighted by Crippen LogP contribution is -2.38. The molecule has 1 N–H and O–H groups in total. The lowest BCUT2D eigenvalue weighted by atomic mass is 10.1. The summed E-state index contributed by atoms with van der Waals surface area (Å²) in [4.78, 5) is 2.58. The number of nitrogens with one attached hydrogen (secondary N) is 1. The summed E-state index contributed by atoms with van der Waals surface area (Å²) >= 11 is 0. The lowest BCUT2D eigenvalue weighted by molar-refractivity contribution is 0.298. The molecule has 0 spiro atoms. The van der Waals surface area contributed by atoms with Crippen molar-refractivity contribution in [2.24, 2.45) is 0 Å². The van der Waals surface area contributed by atoms with Gasteiger partial charge in [-0.25, -0.2) is 4.39 Å². The first-order valence-electron chi connectivity index (χ1n) is 7.08. The van der Waals surface area contributed by atoms with E-state index in [4.69, 9.17) is 4.74 Å². The van der Waals surface area contributed by atoms with Gasteiger partial charge >= 0.3 is 0 Å². The van der Waals surface area contributed by atoms with Crippen molar-refractivity contribution in [2.75, 3.05) is 20.2 Å². The molecule has 1 aromatic rings. The maximum Gasteiger partial charge on any atom is 0.165 e. The minimum absolute atomic E-state index is 0.282. The summed E-state index contributed by atoms with van der Waals surface area (Å²) in [6, 6.07) is 6.45. The largest absolute Gasteiger partial charge is 0.494 e. The SMILES string of the molecule is COc1ccc(CNC2CCN3CCCC23)cc1F. The average molecular weight is 264 g/mol. The summed E-state index contributed by atoms with van der Waals surface area (Å²) in [6.45, 7) is 3.19. The predicted molar refractivity (Wildman–Crippen MR) is 72.8 cm³/mol. The number of benzene rings is 1. The minimum atomic E-state index is -0.282. The first-order valence-corrected chi connectivity index (χ1v) is 7.08. The maximum atomic E-state index is 13.6. The second kappa shape index (κ2) is 5.47. The Labute approximate surface area is 113 Å². The Balaban J connectivity index is 1.59. The molecule has 104 valence electrons. The number of hydrogen-bond acceptors (Lipinski definition) is 3. The lowest BCUT2D eigenvalue weighted by Gasteiger charge is -2.21. The molecule has 2 aliphatic rings. The average Bonchev–Trinajstić information content (AvgIpc) is 3.00. The second-order valence-electron chi connectivity index (χ2n) is 5.49. The molecule has 0 radical (unpaired) electrons. The van der Waals surface area contributed by atoms with E-state index in [2.05, 4.69) is 10.2 Å². The number of nitrogens with zero attached hydrogens (tertiary/aromatic N) is 1. The van der Waals surface area contributed by atoms with Gasteiger partial charge in [-0.05, 0) is 43.5 Å². The second-order valence-corrected chi connectivity index (χ2v) is 5.49. The number of methoxy groups -OCH3 is 1. The normalized spacial score (nSPS) is 26.6. The van der Waals surface area contributed by atoms with Crippen molar-refractivity contribution in [3.8, 4) is 5.75 Å². The summed E-state index contributed by atoms with van der Waals surface area (Å²) < 4.78 is 18.5. The molecular formula is C15H21FN2O. The van der Waals surface area contributed by atoms with Crippen molar-refractivity contribution >= 4 is 0 Å². The molecule has 3 rings (SSSR count). The van der Waals surface area contributed by atoms with Crippen LogP contribution < -0.4 is 10.1 Å². The van der Waals surface area contributed by atoms with Crippen LogP contribution in [0.25, 0.3) is 0 Å². The van der Waals surface area contributed by atoms with Gasteiger partial charge in [-0.1, -0.05) is 6.07 Å². The summed E-state index contributed by atoms with van der Waals surface area (Å²) in [6.07, 6.45) is 3.83. The van der Waals surface area contributed by atoms with Crippen LogP contribution in [0.15, 0.2) is 18.2 Å². The topological polar surface area (TPSA) is 24.5 Å². The third-order valence-corrected chi connectivity index (χ3v) is 4.39. The van der Waals surface area contributed by atoms with Crippen LogP contribution in [-0.4, -0.2) is 37.2 Å². The van der Waals surface area contributed by atoms with Gasteiger partial charge in [-0.15, -0.1) is 0 Å². The fourth-order valence-corrected chi connectivity index (χ4v) is 3.39. The molecule has 2 saturated heterocycles. The van der Waals surface area contributed by atoms with Crippen LogP contribution >= 0.6 is 0 Å². The minimum Gasteiger partial charge on any atom is -0.494 e. The zero-order valence-corrected chi connectivity index (χ0v) is 11.4. The zero-order chi connectivity index (χ0) is 13.2. The molecule has 4 heteroatoms. The van der Waals surface area contributed by atoms with E-state index in [1.54, 1.807) is 12.1 Å². The molecule has 0 amide bonds. The Morgan fingerprint density at radius 3 is 3.05 bits per heavy atom. The molecule has 2 atom stereocenters. The highest BCUT2D eigenvalue weighted by Gasteiger charge is 2.36. The fraction of sp³-hybridized carbons (Fsp3) is 0.600. The predicted octanol–water partition coefficient (Wildman–Crippen LogP) is 2.16. The standard InChI is InChI=1S/C15H21FN2O/c1-19-15-5-4-11(9-12(15)16)10-17-13-6-8-18-7-2-3-14(13)18/h4-5,9,13-14,17H,2-3,6-8,10H2,1H3. The number of ether oxygens (including phenoxy) is 1. The number of fused-ring (bicyclic) bond motifs is 1. The van der Waals surface area contributed by atoms with Gasteiger partial charge in [-0.2, -0.15) is 0 Å². The van der Waals surface area contributed by atoms with Crippen LogP contribution in [0.1, 0.15) is 24.8 Å². The smallest absolute Gasteiger partial charge is 0.165 e. The summed E-state index contributed by atoms with van der Waals surface area (Å²) in [5, 5.41) is 3.58. The van der Waals surface area contributed by atoms with Gasteiger partial charge in [-0.3, -0.25) is 4.90 Å². The van der Waals surface area contributed by atoms with Crippen molar-refractivity contribution in [1.29, 1.82) is 0 Å². The summed E-state index contributed by atoms with van der Waals surface area (Å²) in [5.74, 6) is 0.0299. The quantitative estimate of drug-likeness (QED) is 0.902. The molecule has 2 heterocycles. The molecule has 0 bridgehead atoms. The number of halogens is 1. The van der Waals surface area contributed by atoms with Gasteiger partial charge in [0.1, 0.15) is 0 Å². The molecule has 19 heavy (non-hydrogen) atoms. The van der Waals surface area contributed by atoms with E-state index >= 15 is 0 Å². The first-order chi connectivity index (χ1) is 9.28. The Morgan fingerprint density at radius 1 is 1.37 bits per heavy atom. The van der Waals surface area contributed by atoms with Gasteiger partial charge in [0, 0.05) is 25.2 Å². The van der Waals surface area contributed by atoms with E-state index in [1.165, 1.54) is 39.5 Å². The maximum absolute atomic E-state index is 13.6. The fourth-order valence-electron chi connectivity index (χ4n) is 3.39. The van der Waals surface area contributed by atoms with Gasteiger partial charge in [0.25, 0.3) is 0 Å². The van der Waals surface area contributed by atoms with Crippen molar-refractivity contribution in [3.63, 3.8) is 0 Å². The zero-order valence-electron chi connectivity index (χ0n) is 11.4. The van der Waals surface area contributed by atoms with Gasteiger partial charge in [0.15, 0.2) is 11.6 Å². The molecular weight excluding hydrogens is 243 g/mol. The molecule has 2 fully saturated rings. The van der Waals surface area contributed by atoms with Crippen LogP contribution in [0.4, 0.5) is 4.39 Å². The van der Waals surface area contributed by atoms with Crippen LogP contribution in [0.3, 0.4) is 0 Å². The molecule has 0 saturated carbocycles. The number of rotatable bonds is 4. The number of hydrogen-bond donors (Lipinski definition) is 1. The van der Waals surface area contributed by atoms with E-state index < -0.39 is 0 Å². The Bertz CT molecular complexity index is 452. The molecule has 3 nitrogen and oxygen atoms in total. The molecule has 1 aromatic carbocycles. The van der Waals surface area contributed by atoms with Crippen LogP contribution in [0.5, 0.6) is 5.75 Å². The van der Waals surface area contributed by atoms with E-state index in [0.29, 0.717) is 17.8 Å². The van der Waals surface area contributed by atoms with Gasteiger partial charge in [0.2, 0.25) is 0 Å². The van der Waals surface area contributed by atoms with E-state index in [-0.39, 0.29) is 5.82 Å². The van der Waals surface area contributed by atoms with E-state index in [9.17, 15) is 4.39 Å². The highest BCUT2D eigenvalue weighted by Crippen LogP contribution is 2.28. The molecule has 2 aliphatic heterocycles. The first kappa shape index (κ1) is 12.9. The molecule has 0 aromatic heterocycles. The Hall–Kier alpha value is -1.13. The molecule has 2 unspecified atom stereocenters. The Morgan fingerprint density at radius 2 is 2.26 bits per heavy atom. The van der Waals surface area contributed by atoms with Crippen LogP contribution in [0, 0.1) is 5.82 Å². The van der Waals surface area contributed by atoms with Crippen molar-refractivity contribution in [1.82, 2.24) is 10.2 Å². The highest BCUT2D eigenvalue weighted by molar-refractivity contribution is 5.29. The van der Waals surface area contributed by atoms with Crippen molar-refractivity contribution in [2.45, 2.75) is 37.9 Å². The van der Waals surface area contributed by atoms with E-state index in [1.807, 2.05) is 6.07 Å². The Kier molecular flexibility index (Phi) is 3.71. The highest BCUT2D eigenvalue weighted by atomic mass is 19.1. The molecule has 0 aliphatic carbocycles.